The summed E-state index contributed by atoms with van der Waals surface area (Å²) >= 11 is 0. The average molecular weight is 295 g/mol. The Hall–Kier alpha value is -0.0800. The van der Waals surface area contributed by atoms with E-state index in [0.717, 1.165) is 12.0 Å². The lowest BCUT2D eigenvalue weighted by atomic mass is 9.72. The van der Waals surface area contributed by atoms with E-state index in [1.807, 2.05) is 0 Å². The van der Waals surface area contributed by atoms with Crippen LogP contribution < -0.4 is 5.32 Å². The Morgan fingerprint density at radius 1 is 1.05 bits per heavy atom. The summed E-state index contributed by atoms with van der Waals surface area (Å²) in [6, 6.07) is 0.837. The molecule has 2 nitrogen and oxygen atoms in total. The molecule has 2 fully saturated rings. The zero-order valence-electron chi connectivity index (χ0n) is 14.8. The van der Waals surface area contributed by atoms with Crippen molar-refractivity contribution in [1.29, 1.82) is 0 Å². The van der Waals surface area contributed by atoms with Crippen LogP contribution in [-0.4, -0.2) is 37.6 Å². The molecule has 0 bridgehead atoms. The van der Waals surface area contributed by atoms with Gasteiger partial charge in [0, 0.05) is 19.1 Å². The molecule has 124 valence electrons. The van der Waals surface area contributed by atoms with Crippen LogP contribution in [0.4, 0.5) is 0 Å². The highest BCUT2D eigenvalue weighted by atomic mass is 15.1. The van der Waals surface area contributed by atoms with Crippen LogP contribution in [0.15, 0.2) is 0 Å². The topological polar surface area (TPSA) is 15.3 Å². The predicted molar refractivity (Wildman–Crippen MR) is 92.7 cm³/mol. The number of nitrogens with zero attached hydrogens (tertiary/aromatic N) is 1. The lowest BCUT2D eigenvalue weighted by Gasteiger charge is -2.45. The van der Waals surface area contributed by atoms with Crippen LogP contribution >= 0.6 is 0 Å². The Kier molecular flexibility index (Phi) is 7.01. The first kappa shape index (κ1) is 17.3. The van der Waals surface area contributed by atoms with Crippen molar-refractivity contribution in [3.8, 4) is 0 Å². The first-order chi connectivity index (χ1) is 10.2. The number of hydrogen-bond acceptors (Lipinski definition) is 2. The highest BCUT2D eigenvalue weighted by molar-refractivity contribution is 4.90. The van der Waals surface area contributed by atoms with Crippen molar-refractivity contribution in [2.75, 3.05) is 26.7 Å². The van der Waals surface area contributed by atoms with Gasteiger partial charge in [-0.3, -0.25) is 0 Å². The molecule has 0 spiro atoms. The normalized spacial score (nSPS) is 29.7. The summed E-state index contributed by atoms with van der Waals surface area (Å²) in [5.41, 5.74) is 0.555. The van der Waals surface area contributed by atoms with Crippen molar-refractivity contribution in [3.05, 3.63) is 0 Å². The van der Waals surface area contributed by atoms with Crippen LogP contribution in [0, 0.1) is 11.3 Å². The van der Waals surface area contributed by atoms with E-state index < -0.39 is 0 Å². The molecule has 1 N–H and O–H groups in total. The molecule has 2 saturated carbocycles. The molecule has 2 aliphatic carbocycles. The average Bonchev–Trinajstić information content (AvgIpc) is 2.49. The number of hydrogen-bond donors (Lipinski definition) is 1. The molecule has 0 aromatic heterocycles. The van der Waals surface area contributed by atoms with Gasteiger partial charge in [0.05, 0.1) is 0 Å². The largest absolute Gasteiger partial charge is 0.316 e. The van der Waals surface area contributed by atoms with Gasteiger partial charge in [0.1, 0.15) is 0 Å². The molecule has 0 aromatic rings. The fraction of sp³-hybridized carbons (Fsp3) is 1.00. The Labute approximate surface area is 133 Å². The van der Waals surface area contributed by atoms with E-state index in [-0.39, 0.29) is 0 Å². The maximum atomic E-state index is 3.74. The van der Waals surface area contributed by atoms with Gasteiger partial charge < -0.3 is 10.2 Å². The fourth-order valence-corrected chi connectivity index (χ4v) is 4.82. The summed E-state index contributed by atoms with van der Waals surface area (Å²) in [5.74, 6) is 0.896. The Morgan fingerprint density at radius 3 is 2.43 bits per heavy atom. The molecule has 2 aliphatic rings. The SMILES string of the molecule is CCCNCC1(CN(C)C2CCCCC2C)CCCCC1. The Morgan fingerprint density at radius 2 is 1.76 bits per heavy atom. The molecule has 2 unspecified atom stereocenters. The van der Waals surface area contributed by atoms with Gasteiger partial charge in [-0.2, -0.15) is 0 Å². The Bertz CT molecular complexity index is 283. The predicted octanol–water partition coefficient (Wildman–Crippen LogP) is 4.45. The smallest absolute Gasteiger partial charge is 0.0118 e. The monoisotopic (exact) mass is 294 g/mol. The summed E-state index contributed by atoms with van der Waals surface area (Å²) in [6.45, 7) is 8.50. The third kappa shape index (κ3) is 4.96. The van der Waals surface area contributed by atoms with Crippen LogP contribution in [0.3, 0.4) is 0 Å². The van der Waals surface area contributed by atoms with Crippen LogP contribution in [-0.2, 0) is 0 Å². The van der Waals surface area contributed by atoms with Gasteiger partial charge in [-0.05, 0) is 57.0 Å². The van der Waals surface area contributed by atoms with Crippen LogP contribution in [0.2, 0.25) is 0 Å². The summed E-state index contributed by atoms with van der Waals surface area (Å²) in [5, 5.41) is 3.74. The quantitative estimate of drug-likeness (QED) is 0.698. The van der Waals surface area contributed by atoms with Gasteiger partial charge >= 0.3 is 0 Å². The standard InChI is InChI=1S/C19H38N2/c1-4-14-20-15-19(12-8-5-9-13-19)16-21(3)18-11-7-6-10-17(18)2/h17-18,20H,4-16H2,1-3H3. The molecule has 0 aliphatic heterocycles. The third-order valence-electron chi connectivity index (χ3n) is 6.06. The molecule has 2 heteroatoms. The molecule has 0 aromatic carbocycles. The van der Waals surface area contributed by atoms with Gasteiger partial charge in [-0.25, -0.2) is 0 Å². The molecule has 0 heterocycles. The summed E-state index contributed by atoms with van der Waals surface area (Å²) in [4.78, 5) is 2.74. The van der Waals surface area contributed by atoms with Gasteiger partial charge in [-0.15, -0.1) is 0 Å². The van der Waals surface area contributed by atoms with Gasteiger partial charge in [0.15, 0.2) is 0 Å². The van der Waals surface area contributed by atoms with Crippen molar-refractivity contribution >= 4 is 0 Å². The second-order valence-corrected chi connectivity index (χ2v) is 7.98. The van der Waals surface area contributed by atoms with E-state index in [4.69, 9.17) is 0 Å². The van der Waals surface area contributed by atoms with Gasteiger partial charge in [0.2, 0.25) is 0 Å². The Balaban J connectivity index is 1.93. The highest BCUT2D eigenvalue weighted by Gasteiger charge is 2.35. The first-order valence-corrected chi connectivity index (χ1v) is 9.58. The minimum absolute atomic E-state index is 0.555. The molecule has 21 heavy (non-hydrogen) atoms. The minimum Gasteiger partial charge on any atom is -0.316 e. The fourth-order valence-electron chi connectivity index (χ4n) is 4.82. The minimum atomic E-state index is 0.555. The maximum absolute atomic E-state index is 3.74. The molecule has 0 amide bonds. The zero-order chi connectivity index (χ0) is 15.1. The van der Waals surface area contributed by atoms with Crippen molar-refractivity contribution in [2.45, 2.75) is 84.1 Å². The highest BCUT2D eigenvalue weighted by Crippen LogP contribution is 2.38. The van der Waals surface area contributed by atoms with Gasteiger partial charge in [0.25, 0.3) is 0 Å². The molecule has 0 saturated heterocycles. The summed E-state index contributed by atoms with van der Waals surface area (Å²) in [6.07, 6.45) is 14.3. The molecular weight excluding hydrogens is 256 g/mol. The zero-order valence-corrected chi connectivity index (χ0v) is 14.8. The second kappa shape index (κ2) is 8.53. The number of rotatable bonds is 7. The van der Waals surface area contributed by atoms with Crippen LogP contribution in [0.25, 0.3) is 0 Å². The lowest BCUT2D eigenvalue weighted by Crippen LogP contribution is -2.49. The van der Waals surface area contributed by atoms with E-state index in [9.17, 15) is 0 Å². The summed E-state index contributed by atoms with van der Waals surface area (Å²) in [7, 11) is 2.41. The maximum Gasteiger partial charge on any atom is 0.0118 e. The number of nitrogens with one attached hydrogen (secondary N) is 1. The van der Waals surface area contributed by atoms with Crippen molar-refractivity contribution in [1.82, 2.24) is 10.2 Å². The van der Waals surface area contributed by atoms with Crippen molar-refractivity contribution in [2.24, 2.45) is 11.3 Å². The third-order valence-corrected chi connectivity index (χ3v) is 6.06. The second-order valence-electron chi connectivity index (χ2n) is 7.98. The van der Waals surface area contributed by atoms with Crippen molar-refractivity contribution in [3.63, 3.8) is 0 Å². The van der Waals surface area contributed by atoms with E-state index in [1.165, 1.54) is 83.8 Å². The van der Waals surface area contributed by atoms with Crippen LogP contribution in [0.5, 0.6) is 0 Å². The lowest BCUT2D eigenvalue weighted by molar-refractivity contribution is 0.0598. The van der Waals surface area contributed by atoms with Crippen LogP contribution in [0.1, 0.15) is 78.1 Å². The van der Waals surface area contributed by atoms with Crippen molar-refractivity contribution < 1.29 is 0 Å². The van der Waals surface area contributed by atoms with Gasteiger partial charge in [-0.1, -0.05) is 46.0 Å². The van der Waals surface area contributed by atoms with E-state index in [1.54, 1.807) is 0 Å². The van der Waals surface area contributed by atoms with E-state index in [2.05, 4.69) is 31.1 Å². The molecular formula is C19H38N2. The molecule has 0 radical (unpaired) electrons. The van der Waals surface area contributed by atoms with E-state index >= 15 is 0 Å². The molecule has 2 atom stereocenters. The summed E-state index contributed by atoms with van der Waals surface area (Å²) < 4.78 is 0. The van der Waals surface area contributed by atoms with E-state index in [0.29, 0.717) is 5.41 Å². The first-order valence-electron chi connectivity index (χ1n) is 9.58. The molecule has 2 rings (SSSR count).